The van der Waals surface area contributed by atoms with Gasteiger partial charge in [0.05, 0.1) is 24.8 Å². The molecule has 8 heteroatoms. The number of benzene rings is 1. The average Bonchev–Trinajstić information content (AvgIpc) is 2.68. The highest BCUT2D eigenvalue weighted by Gasteiger charge is 2.34. The molecule has 0 aromatic heterocycles. The highest BCUT2D eigenvalue weighted by atomic mass is 16.5. The molecule has 3 amide bonds. The van der Waals surface area contributed by atoms with Gasteiger partial charge in [0.1, 0.15) is 11.9 Å². The molecule has 0 radical (unpaired) electrons. The first kappa shape index (κ1) is 23.8. The van der Waals surface area contributed by atoms with Crippen LogP contribution in [0.15, 0.2) is 18.2 Å². The van der Waals surface area contributed by atoms with Crippen molar-refractivity contribution in [1.82, 2.24) is 15.1 Å². The van der Waals surface area contributed by atoms with Gasteiger partial charge in [-0.2, -0.15) is 0 Å². The molecule has 8 nitrogen and oxygen atoms in total. The molecule has 0 unspecified atom stereocenters. The average molecular weight is 421 g/mol. The van der Waals surface area contributed by atoms with Crippen LogP contribution in [0.4, 0.5) is 10.5 Å². The molecule has 3 atom stereocenters. The Morgan fingerprint density at radius 2 is 1.97 bits per heavy atom. The Morgan fingerprint density at radius 1 is 1.30 bits per heavy atom. The smallest absolute Gasteiger partial charge is 0.317 e. The van der Waals surface area contributed by atoms with Crippen molar-refractivity contribution < 1.29 is 19.4 Å². The highest BCUT2D eigenvalue weighted by Crippen LogP contribution is 2.31. The monoisotopic (exact) mass is 420 g/mol. The maximum absolute atomic E-state index is 13.3. The van der Waals surface area contributed by atoms with Crippen molar-refractivity contribution in [2.24, 2.45) is 5.92 Å². The predicted molar refractivity (Wildman–Crippen MR) is 118 cm³/mol. The lowest BCUT2D eigenvalue weighted by Gasteiger charge is -2.38. The van der Waals surface area contributed by atoms with E-state index in [1.807, 2.05) is 64.9 Å². The number of nitrogens with one attached hydrogen (secondary N) is 1. The third-order valence-electron chi connectivity index (χ3n) is 5.38. The van der Waals surface area contributed by atoms with Crippen molar-refractivity contribution in [2.75, 3.05) is 45.7 Å². The first-order valence-corrected chi connectivity index (χ1v) is 10.5. The Hall–Kier alpha value is -2.48. The number of fused-ring (bicyclic) bond motifs is 1. The van der Waals surface area contributed by atoms with E-state index in [9.17, 15) is 14.7 Å². The van der Waals surface area contributed by atoms with Crippen LogP contribution in [-0.4, -0.2) is 85.9 Å². The summed E-state index contributed by atoms with van der Waals surface area (Å²) in [6.45, 7) is 8.35. The highest BCUT2D eigenvalue weighted by molar-refractivity contribution is 5.98. The molecule has 1 heterocycles. The molecule has 0 spiro atoms. The standard InChI is InChI=1S/C22H36N4O4/c1-14(2)23-22(29)25(7)12-20-15(3)11-26(16(4)13-27)21(28)18-10-17(24(5)6)8-9-19(18)30-20/h8-10,14-16,20,27H,11-13H2,1-7H3,(H,23,29)/t15-,16-,20+/m0/s1. The number of nitrogens with zero attached hydrogens (tertiary/aromatic N) is 3. The molecule has 0 saturated heterocycles. The number of carbonyl (C=O) groups excluding carboxylic acids is 2. The van der Waals surface area contributed by atoms with Gasteiger partial charge in [0, 0.05) is 45.3 Å². The van der Waals surface area contributed by atoms with Gasteiger partial charge in [-0.3, -0.25) is 4.79 Å². The Bertz CT molecular complexity index is 753. The summed E-state index contributed by atoms with van der Waals surface area (Å²) >= 11 is 0. The molecular formula is C22H36N4O4. The number of likely N-dealkylation sites (N-methyl/N-ethyl adjacent to an activating group) is 1. The number of ether oxygens (including phenoxy) is 1. The van der Waals surface area contributed by atoms with Gasteiger partial charge in [0.15, 0.2) is 0 Å². The summed E-state index contributed by atoms with van der Waals surface area (Å²) in [7, 11) is 5.57. The first-order chi connectivity index (χ1) is 14.0. The summed E-state index contributed by atoms with van der Waals surface area (Å²) in [5.41, 5.74) is 1.36. The third-order valence-corrected chi connectivity index (χ3v) is 5.38. The number of rotatable bonds is 6. The number of anilines is 1. The molecule has 30 heavy (non-hydrogen) atoms. The van der Waals surface area contributed by atoms with E-state index < -0.39 is 0 Å². The third kappa shape index (κ3) is 5.56. The predicted octanol–water partition coefficient (Wildman–Crippen LogP) is 2.02. The maximum atomic E-state index is 13.3. The molecule has 0 fully saturated rings. The number of hydrogen-bond acceptors (Lipinski definition) is 5. The van der Waals surface area contributed by atoms with Crippen LogP contribution in [0.5, 0.6) is 5.75 Å². The second-order valence-electron chi connectivity index (χ2n) is 8.68. The molecule has 1 aliphatic rings. The molecule has 1 aromatic carbocycles. The van der Waals surface area contributed by atoms with E-state index in [0.717, 1.165) is 5.69 Å². The fourth-order valence-corrected chi connectivity index (χ4v) is 3.42. The summed E-state index contributed by atoms with van der Waals surface area (Å²) in [5.74, 6) is 0.292. The second-order valence-corrected chi connectivity index (χ2v) is 8.68. The molecule has 0 saturated carbocycles. The Morgan fingerprint density at radius 3 is 2.53 bits per heavy atom. The van der Waals surface area contributed by atoms with Crippen LogP contribution in [0.3, 0.4) is 0 Å². The van der Waals surface area contributed by atoms with E-state index in [1.165, 1.54) is 0 Å². The Labute approximate surface area is 179 Å². The lowest BCUT2D eigenvalue weighted by molar-refractivity contribution is 0.0366. The zero-order valence-electron chi connectivity index (χ0n) is 19.2. The van der Waals surface area contributed by atoms with Crippen LogP contribution in [-0.2, 0) is 0 Å². The van der Waals surface area contributed by atoms with Gasteiger partial charge >= 0.3 is 6.03 Å². The summed E-state index contributed by atoms with van der Waals surface area (Å²) in [6.07, 6.45) is -0.307. The van der Waals surface area contributed by atoms with Crippen LogP contribution >= 0.6 is 0 Å². The summed E-state index contributed by atoms with van der Waals surface area (Å²) in [5, 5.41) is 12.6. The van der Waals surface area contributed by atoms with Gasteiger partial charge in [0.2, 0.25) is 0 Å². The summed E-state index contributed by atoms with van der Waals surface area (Å²) in [4.78, 5) is 30.9. The zero-order valence-corrected chi connectivity index (χ0v) is 19.2. The van der Waals surface area contributed by atoms with Crippen molar-refractivity contribution in [2.45, 2.75) is 45.9 Å². The number of amides is 3. The van der Waals surface area contributed by atoms with E-state index in [1.54, 1.807) is 16.8 Å². The number of urea groups is 1. The van der Waals surface area contributed by atoms with Crippen molar-refractivity contribution >= 4 is 17.6 Å². The topological polar surface area (TPSA) is 85.4 Å². The van der Waals surface area contributed by atoms with Crippen molar-refractivity contribution in [3.05, 3.63) is 23.8 Å². The number of aliphatic hydroxyl groups excluding tert-OH is 1. The first-order valence-electron chi connectivity index (χ1n) is 10.5. The largest absolute Gasteiger partial charge is 0.487 e. The van der Waals surface area contributed by atoms with Gasteiger partial charge in [-0.1, -0.05) is 6.92 Å². The maximum Gasteiger partial charge on any atom is 0.317 e. The van der Waals surface area contributed by atoms with Gasteiger partial charge in [-0.25, -0.2) is 4.79 Å². The fraction of sp³-hybridized carbons (Fsp3) is 0.636. The van der Waals surface area contributed by atoms with Crippen LogP contribution in [0.25, 0.3) is 0 Å². The van der Waals surface area contributed by atoms with Gasteiger partial charge < -0.3 is 29.9 Å². The van der Waals surface area contributed by atoms with Crippen molar-refractivity contribution in [3.63, 3.8) is 0 Å². The Kier molecular flexibility index (Phi) is 7.95. The summed E-state index contributed by atoms with van der Waals surface area (Å²) in [6, 6.07) is 5.09. The minimum absolute atomic E-state index is 0.0410. The zero-order chi connectivity index (χ0) is 22.6. The van der Waals surface area contributed by atoms with E-state index in [4.69, 9.17) is 4.74 Å². The molecule has 1 aliphatic heterocycles. The number of hydrogen-bond donors (Lipinski definition) is 2. The molecule has 0 aliphatic carbocycles. The van der Waals surface area contributed by atoms with Crippen molar-refractivity contribution in [3.8, 4) is 5.75 Å². The molecule has 2 rings (SSSR count). The molecule has 1 aromatic rings. The second kappa shape index (κ2) is 10.0. The Balaban J connectivity index is 2.40. The molecule has 2 N–H and O–H groups in total. The minimum atomic E-state index is -0.323. The van der Waals surface area contributed by atoms with E-state index in [-0.39, 0.29) is 42.7 Å². The van der Waals surface area contributed by atoms with Gasteiger partial charge in [-0.15, -0.1) is 0 Å². The molecular weight excluding hydrogens is 384 g/mol. The van der Waals surface area contributed by atoms with Crippen LogP contribution < -0.4 is 15.0 Å². The van der Waals surface area contributed by atoms with E-state index in [2.05, 4.69) is 5.32 Å². The normalized spacial score (nSPS) is 20.0. The molecule has 0 bridgehead atoms. The summed E-state index contributed by atoms with van der Waals surface area (Å²) < 4.78 is 6.29. The van der Waals surface area contributed by atoms with E-state index >= 15 is 0 Å². The van der Waals surface area contributed by atoms with Crippen LogP contribution in [0.2, 0.25) is 0 Å². The van der Waals surface area contributed by atoms with Crippen LogP contribution in [0, 0.1) is 5.92 Å². The minimum Gasteiger partial charge on any atom is -0.487 e. The van der Waals surface area contributed by atoms with Crippen molar-refractivity contribution in [1.29, 1.82) is 0 Å². The van der Waals surface area contributed by atoms with Gasteiger partial charge in [0.25, 0.3) is 5.91 Å². The SMILES string of the molecule is CC(C)NC(=O)N(C)C[C@H]1Oc2ccc(N(C)C)cc2C(=O)N([C@@H](C)CO)C[C@@H]1C. The van der Waals surface area contributed by atoms with Crippen LogP contribution in [0.1, 0.15) is 38.1 Å². The lowest BCUT2D eigenvalue weighted by atomic mass is 9.99. The number of carbonyl (C=O) groups is 2. The van der Waals surface area contributed by atoms with E-state index in [0.29, 0.717) is 24.4 Å². The number of aliphatic hydroxyl groups is 1. The quantitative estimate of drug-likeness (QED) is 0.736. The molecule has 168 valence electrons. The lowest BCUT2D eigenvalue weighted by Crippen LogP contribution is -2.51. The van der Waals surface area contributed by atoms with Gasteiger partial charge in [-0.05, 0) is 39.0 Å². The fourth-order valence-electron chi connectivity index (χ4n) is 3.42.